The van der Waals surface area contributed by atoms with Crippen molar-refractivity contribution < 1.29 is 0 Å². The molecule has 0 spiro atoms. The smallest absolute Gasteiger partial charge is 0.143 e. The van der Waals surface area contributed by atoms with E-state index in [9.17, 15) is 0 Å². The number of benzene rings is 1. The van der Waals surface area contributed by atoms with E-state index in [1.807, 2.05) is 23.9 Å². The molecule has 1 aliphatic heterocycles. The summed E-state index contributed by atoms with van der Waals surface area (Å²) in [6, 6.07) is 8.77. The Morgan fingerprint density at radius 1 is 1.30 bits per heavy atom. The second kappa shape index (κ2) is 5.44. The van der Waals surface area contributed by atoms with Crippen molar-refractivity contribution >= 4 is 17.4 Å². The number of nitrogens with one attached hydrogen (secondary N) is 1. The van der Waals surface area contributed by atoms with Gasteiger partial charge in [0.25, 0.3) is 0 Å². The fourth-order valence-corrected chi connectivity index (χ4v) is 3.85. The molecule has 2 aromatic rings. The number of thioether (sulfide) groups is 1. The first-order valence-corrected chi connectivity index (χ1v) is 7.96. The third-order valence-electron chi connectivity index (χ3n) is 3.46. The quantitative estimate of drug-likeness (QED) is 0.941. The van der Waals surface area contributed by atoms with Crippen LogP contribution >= 0.6 is 11.8 Å². The van der Waals surface area contributed by atoms with Crippen molar-refractivity contribution in [1.82, 2.24) is 20.2 Å². The number of hydrogen-bond donors (Lipinski definition) is 1. The zero-order valence-electron chi connectivity index (χ0n) is 11.8. The summed E-state index contributed by atoms with van der Waals surface area (Å²) >= 11 is 2.04. The van der Waals surface area contributed by atoms with Crippen LogP contribution in [0.1, 0.15) is 20.3 Å². The number of rotatable bonds is 3. The molecule has 1 aromatic heterocycles. The van der Waals surface area contributed by atoms with Gasteiger partial charge in [0.2, 0.25) is 0 Å². The third-order valence-corrected chi connectivity index (χ3v) is 5.09. The molecule has 3 rings (SSSR count). The van der Waals surface area contributed by atoms with E-state index in [1.165, 1.54) is 17.9 Å². The molecule has 2 heterocycles. The molecule has 0 aliphatic carbocycles. The van der Waals surface area contributed by atoms with E-state index in [1.54, 1.807) is 11.0 Å². The molecule has 0 radical (unpaired) electrons. The first-order chi connectivity index (χ1) is 9.62. The normalized spacial score (nSPS) is 21.6. The number of nitrogens with zero attached hydrogens (tertiary/aromatic N) is 4. The maximum atomic E-state index is 3.88. The molecule has 1 atom stereocenters. The standard InChI is InChI=1S/C14H19N5S/c1-14(2)7-12(8-20-9-14)16-11-3-5-13(6-4-11)19-10-15-17-18-19/h3-6,10,12,16H,7-9H2,1-2H3. The average Bonchev–Trinajstić information content (AvgIpc) is 2.92. The van der Waals surface area contributed by atoms with Gasteiger partial charge in [-0.05, 0) is 52.3 Å². The maximum absolute atomic E-state index is 3.88. The fourth-order valence-electron chi connectivity index (χ4n) is 2.58. The summed E-state index contributed by atoms with van der Waals surface area (Å²) in [5.41, 5.74) is 2.55. The van der Waals surface area contributed by atoms with E-state index < -0.39 is 0 Å². The number of hydrogen-bond acceptors (Lipinski definition) is 5. The van der Waals surface area contributed by atoms with Crippen LogP contribution in [0, 0.1) is 5.41 Å². The molecule has 0 saturated carbocycles. The van der Waals surface area contributed by atoms with Crippen molar-refractivity contribution in [3.63, 3.8) is 0 Å². The summed E-state index contributed by atoms with van der Waals surface area (Å²) in [6.45, 7) is 4.68. The summed E-state index contributed by atoms with van der Waals surface area (Å²) in [4.78, 5) is 0. The molecule has 106 valence electrons. The minimum atomic E-state index is 0.424. The number of tetrazole rings is 1. The van der Waals surface area contributed by atoms with Gasteiger partial charge in [0, 0.05) is 17.5 Å². The van der Waals surface area contributed by atoms with E-state index in [0.29, 0.717) is 11.5 Å². The van der Waals surface area contributed by atoms with Crippen molar-refractivity contribution in [1.29, 1.82) is 0 Å². The lowest BCUT2D eigenvalue weighted by Gasteiger charge is -2.35. The zero-order valence-corrected chi connectivity index (χ0v) is 12.6. The molecule has 1 saturated heterocycles. The van der Waals surface area contributed by atoms with Gasteiger partial charge >= 0.3 is 0 Å². The van der Waals surface area contributed by atoms with Gasteiger partial charge < -0.3 is 5.32 Å². The Bertz CT molecular complexity index is 549. The molecule has 1 aliphatic rings. The van der Waals surface area contributed by atoms with Gasteiger partial charge in [-0.15, -0.1) is 5.10 Å². The second-order valence-corrected chi connectivity index (χ2v) is 7.06. The molecule has 1 fully saturated rings. The highest BCUT2D eigenvalue weighted by Gasteiger charge is 2.28. The van der Waals surface area contributed by atoms with Gasteiger partial charge in [0.05, 0.1) is 5.69 Å². The molecular formula is C14H19N5S. The zero-order chi connectivity index (χ0) is 14.0. The Balaban J connectivity index is 1.66. The third kappa shape index (κ3) is 3.12. The van der Waals surface area contributed by atoms with Crippen molar-refractivity contribution in [3.05, 3.63) is 30.6 Å². The lowest BCUT2D eigenvalue weighted by atomic mass is 9.88. The highest BCUT2D eigenvalue weighted by Crippen LogP contribution is 2.34. The topological polar surface area (TPSA) is 55.6 Å². The van der Waals surface area contributed by atoms with Crippen LogP contribution in [0.3, 0.4) is 0 Å². The highest BCUT2D eigenvalue weighted by atomic mass is 32.2. The van der Waals surface area contributed by atoms with Gasteiger partial charge in [-0.1, -0.05) is 13.8 Å². The van der Waals surface area contributed by atoms with E-state index in [0.717, 1.165) is 11.4 Å². The van der Waals surface area contributed by atoms with Gasteiger partial charge in [0.1, 0.15) is 6.33 Å². The first-order valence-electron chi connectivity index (χ1n) is 6.80. The van der Waals surface area contributed by atoms with Crippen molar-refractivity contribution in [2.75, 3.05) is 16.8 Å². The van der Waals surface area contributed by atoms with Gasteiger partial charge in [0.15, 0.2) is 0 Å². The van der Waals surface area contributed by atoms with E-state index in [-0.39, 0.29) is 0 Å². The molecule has 1 N–H and O–H groups in total. The Labute approximate surface area is 123 Å². The summed E-state index contributed by atoms with van der Waals surface area (Å²) < 4.78 is 1.66. The monoisotopic (exact) mass is 289 g/mol. The maximum Gasteiger partial charge on any atom is 0.143 e. The Hall–Kier alpha value is -1.56. The molecular weight excluding hydrogens is 270 g/mol. The minimum absolute atomic E-state index is 0.424. The van der Waals surface area contributed by atoms with Crippen molar-refractivity contribution in [2.24, 2.45) is 5.41 Å². The molecule has 6 heteroatoms. The van der Waals surface area contributed by atoms with Crippen LogP contribution in [-0.2, 0) is 0 Å². The molecule has 0 bridgehead atoms. The van der Waals surface area contributed by atoms with Gasteiger partial charge in [-0.25, -0.2) is 4.68 Å². The predicted molar refractivity (Wildman–Crippen MR) is 82.3 cm³/mol. The Kier molecular flexibility index (Phi) is 3.65. The van der Waals surface area contributed by atoms with Gasteiger partial charge in [-0.3, -0.25) is 0 Å². The van der Waals surface area contributed by atoms with Crippen LogP contribution in [0.25, 0.3) is 5.69 Å². The second-order valence-electron chi connectivity index (χ2n) is 6.03. The van der Waals surface area contributed by atoms with E-state index in [2.05, 4.69) is 46.8 Å². The summed E-state index contributed by atoms with van der Waals surface area (Å²) in [5.74, 6) is 2.43. The fraction of sp³-hybridized carbons (Fsp3) is 0.500. The van der Waals surface area contributed by atoms with Crippen molar-refractivity contribution in [3.8, 4) is 5.69 Å². The Morgan fingerprint density at radius 2 is 2.10 bits per heavy atom. The van der Waals surface area contributed by atoms with Crippen LogP contribution in [0.4, 0.5) is 5.69 Å². The Morgan fingerprint density at radius 3 is 2.75 bits per heavy atom. The molecule has 1 aromatic carbocycles. The molecule has 0 amide bonds. The van der Waals surface area contributed by atoms with Gasteiger partial charge in [-0.2, -0.15) is 11.8 Å². The highest BCUT2D eigenvalue weighted by molar-refractivity contribution is 7.99. The lowest BCUT2D eigenvalue weighted by molar-refractivity contribution is 0.358. The molecule has 20 heavy (non-hydrogen) atoms. The van der Waals surface area contributed by atoms with Crippen LogP contribution < -0.4 is 5.32 Å². The summed E-state index contributed by atoms with van der Waals surface area (Å²) in [5, 5.41) is 14.8. The average molecular weight is 289 g/mol. The largest absolute Gasteiger partial charge is 0.381 e. The minimum Gasteiger partial charge on any atom is -0.381 e. The molecule has 1 unspecified atom stereocenters. The van der Waals surface area contributed by atoms with E-state index >= 15 is 0 Å². The van der Waals surface area contributed by atoms with Crippen LogP contribution in [0.2, 0.25) is 0 Å². The van der Waals surface area contributed by atoms with Crippen LogP contribution in [0.15, 0.2) is 30.6 Å². The van der Waals surface area contributed by atoms with Crippen LogP contribution in [0.5, 0.6) is 0 Å². The molecule has 5 nitrogen and oxygen atoms in total. The summed E-state index contributed by atoms with van der Waals surface area (Å²) in [6.07, 6.45) is 2.82. The number of anilines is 1. The summed E-state index contributed by atoms with van der Waals surface area (Å²) in [7, 11) is 0. The first kappa shape index (κ1) is 13.4. The SMILES string of the molecule is CC1(C)CSCC(Nc2ccc(-n3cnnn3)cc2)C1. The number of aromatic nitrogens is 4. The predicted octanol–water partition coefficient (Wildman–Crippen LogP) is 2.61. The lowest BCUT2D eigenvalue weighted by Crippen LogP contribution is -2.35. The van der Waals surface area contributed by atoms with Crippen molar-refractivity contribution in [2.45, 2.75) is 26.3 Å². The van der Waals surface area contributed by atoms with Crippen LogP contribution in [-0.4, -0.2) is 37.8 Å². The van der Waals surface area contributed by atoms with E-state index in [4.69, 9.17) is 0 Å².